The van der Waals surface area contributed by atoms with Gasteiger partial charge in [0, 0.05) is 19.1 Å². The fourth-order valence-corrected chi connectivity index (χ4v) is 2.10. The highest BCUT2D eigenvalue weighted by Gasteiger charge is 2.05. The Bertz CT molecular complexity index is 337. The summed E-state index contributed by atoms with van der Waals surface area (Å²) in [6.45, 7) is 10.7. The van der Waals surface area contributed by atoms with Crippen LogP contribution >= 0.6 is 0 Å². The largest absolute Gasteiger partial charge is 0.313 e. The maximum Gasteiger partial charge on any atom is 0.123 e. The molecular formula is C15H25FN2. The molecule has 0 saturated heterocycles. The highest BCUT2D eigenvalue weighted by atomic mass is 19.1. The SMILES string of the molecule is CCN(CC)CCNC(C)Cc1cccc(F)c1. The van der Waals surface area contributed by atoms with Crippen LogP contribution < -0.4 is 5.32 Å². The number of likely N-dealkylation sites (N-methyl/N-ethyl adjacent to an activating group) is 1. The van der Waals surface area contributed by atoms with Crippen molar-refractivity contribution < 1.29 is 4.39 Å². The van der Waals surface area contributed by atoms with Crippen LogP contribution in [0.5, 0.6) is 0 Å². The highest BCUT2D eigenvalue weighted by molar-refractivity contribution is 5.17. The number of nitrogens with one attached hydrogen (secondary N) is 1. The number of benzene rings is 1. The van der Waals surface area contributed by atoms with Gasteiger partial charge in [-0.15, -0.1) is 0 Å². The van der Waals surface area contributed by atoms with E-state index in [1.165, 1.54) is 6.07 Å². The van der Waals surface area contributed by atoms with Crippen molar-refractivity contribution in [3.63, 3.8) is 0 Å². The summed E-state index contributed by atoms with van der Waals surface area (Å²) < 4.78 is 13.0. The van der Waals surface area contributed by atoms with E-state index in [1.807, 2.05) is 6.07 Å². The zero-order valence-corrected chi connectivity index (χ0v) is 11.7. The molecule has 1 atom stereocenters. The van der Waals surface area contributed by atoms with Crippen molar-refractivity contribution >= 4 is 0 Å². The number of hydrogen-bond donors (Lipinski definition) is 1. The second-order valence-electron chi connectivity index (χ2n) is 4.72. The van der Waals surface area contributed by atoms with Crippen molar-refractivity contribution in [2.75, 3.05) is 26.2 Å². The van der Waals surface area contributed by atoms with E-state index in [0.717, 1.165) is 38.2 Å². The Morgan fingerprint density at radius 1 is 1.28 bits per heavy atom. The van der Waals surface area contributed by atoms with Gasteiger partial charge in [-0.25, -0.2) is 4.39 Å². The molecule has 1 unspecified atom stereocenters. The van der Waals surface area contributed by atoms with Gasteiger partial charge in [0.15, 0.2) is 0 Å². The first kappa shape index (κ1) is 15.1. The van der Waals surface area contributed by atoms with Gasteiger partial charge in [0.05, 0.1) is 0 Å². The predicted octanol–water partition coefficient (Wildman–Crippen LogP) is 2.69. The van der Waals surface area contributed by atoms with Gasteiger partial charge in [-0.05, 0) is 44.1 Å². The van der Waals surface area contributed by atoms with Crippen molar-refractivity contribution in [3.8, 4) is 0 Å². The Hall–Kier alpha value is -0.930. The van der Waals surface area contributed by atoms with E-state index >= 15 is 0 Å². The van der Waals surface area contributed by atoms with Gasteiger partial charge in [0.1, 0.15) is 5.82 Å². The first-order valence-corrected chi connectivity index (χ1v) is 6.85. The molecule has 1 aromatic carbocycles. The molecule has 0 aliphatic carbocycles. The summed E-state index contributed by atoms with van der Waals surface area (Å²) in [6.07, 6.45) is 0.871. The van der Waals surface area contributed by atoms with Gasteiger partial charge in [-0.3, -0.25) is 0 Å². The van der Waals surface area contributed by atoms with Crippen LogP contribution in [0.2, 0.25) is 0 Å². The molecule has 1 N–H and O–H groups in total. The van der Waals surface area contributed by atoms with Crippen LogP contribution in [0.25, 0.3) is 0 Å². The molecule has 0 fully saturated rings. The first-order chi connectivity index (χ1) is 8.65. The van der Waals surface area contributed by atoms with Crippen molar-refractivity contribution in [1.29, 1.82) is 0 Å². The third-order valence-electron chi connectivity index (χ3n) is 3.25. The van der Waals surface area contributed by atoms with E-state index in [9.17, 15) is 4.39 Å². The molecule has 0 aromatic heterocycles. The van der Waals surface area contributed by atoms with Gasteiger partial charge >= 0.3 is 0 Å². The third kappa shape index (κ3) is 5.61. The number of rotatable bonds is 8. The van der Waals surface area contributed by atoms with Crippen LogP contribution in [0.1, 0.15) is 26.3 Å². The minimum Gasteiger partial charge on any atom is -0.313 e. The first-order valence-electron chi connectivity index (χ1n) is 6.85. The lowest BCUT2D eigenvalue weighted by atomic mass is 10.1. The standard InChI is InChI=1S/C15H25FN2/c1-4-18(5-2)10-9-17-13(3)11-14-7-6-8-15(16)12-14/h6-8,12-13,17H,4-5,9-11H2,1-3H3. The zero-order valence-electron chi connectivity index (χ0n) is 11.7. The minimum absolute atomic E-state index is 0.150. The average molecular weight is 252 g/mol. The van der Waals surface area contributed by atoms with Gasteiger partial charge in [0.2, 0.25) is 0 Å². The van der Waals surface area contributed by atoms with E-state index in [4.69, 9.17) is 0 Å². The van der Waals surface area contributed by atoms with Crippen LogP contribution in [0.3, 0.4) is 0 Å². The lowest BCUT2D eigenvalue weighted by Crippen LogP contribution is -2.36. The van der Waals surface area contributed by atoms with E-state index in [2.05, 4.69) is 31.0 Å². The van der Waals surface area contributed by atoms with Crippen molar-refractivity contribution in [3.05, 3.63) is 35.6 Å². The van der Waals surface area contributed by atoms with Crippen LogP contribution in [0.4, 0.5) is 4.39 Å². The monoisotopic (exact) mass is 252 g/mol. The molecule has 2 nitrogen and oxygen atoms in total. The lowest BCUT2D eigenvalue weighted by molar-refractivity contribution is 0.297. The molecule has 0 spiro atoms. The summed E-state index contributed by atoms with van der Waals surface area (Å²) in [5.41, 5.74) is 1.05. The molecule has 102 valence electrons. The summed E-state index contributed by atoms with van der Waals surface area (Å²) in [4.78, 5) is 2.39. The van der Waals surface area contributed by atoms with Crippen molar-refractivity contribution in [2.24, 2.45) is 0 Å². The molecule has 3 heteroatoms. The van der Waals surface area contributed by atoms with Crippen LogP contribution in [-0.2, 0) is 6.42 Å². The quantitative estimate of drug-likeness (QED) is 0.765. The highest BCUT2D eigenvalue weighted by Crippen LogP contribution is 2.06. The normalized spacial score (nSPS) is 12.9. The number of halogens is 1. The maximum atomic E-state index is 13.0. The summed E-state index contributed by atoms with van der Waals surface area (Å²) in [7, 11) is 0. The molecule has 1 rings (SSSR count). The Morgan fingerprint density at radius 3 is 2.61 bits per heavy atom. The van der Waals surface area contributed by atoms with Gasteiger partial charge in [0.25, 0.3) is 0 Å². The summed E-state index contributed by atoms with van der Waals surface area (Å²) in [5, 5.41) is 3.49. The topological polar surface area (TPSA) is 15.3 Å². The lowest BCUT2D eigenvalue weighted by Gasteiger charge is -2.20. The molecule has 0 aliphatic heterocycles. The average Bonchev–Trinajstić information content (AvgIpc) is 2.34. The molecule has 0 heterocycles. The van der Waals surface area contributed by atoms with Crippen LogP contribution in [0, 0.1) is 5.82 Å². The van der Waals surface area contributed by atoms with E-state index in [1.54, 1.807) is 12.1 Å². The zero-order chi connectivity index (χ0) is 13.4. The maximum absolute atomic E-state index is 13.0. The van der Waals surface area contributed by atoms with Crippen molar-refractivity contribution in [2.45, 2.75) is 33.2 Å². The fourth-order valence-electron chi connectivity index (χ4n) is 2.10. The second-order valence-corrected chi connectivity index (χ2v) is 4.72. The van der Waals surface area contributed by atoms with Crippen molar-refractivity contribution in [1.82, 2.24) is 10.2 Å². The van der Waals surface area contributed by atoms with Gasteiger partial charge in [-0.2, -0.15) is 0 Å². The van der Waals surface area contributed by atoms with E-state index in [0.29, 0.717) is 6.04 Å². The van der Waals surface area contributed by atoms with Gasteiger partial charge in [-0.1, -0.05) is 26.0 Å². The molecule has 18 heavy (non-hydrogen) atoms. The molecule has 0 bridgehead atoms. The third-order valence-corrected chi connectivity index (χ3v) is 3.25. The number of nitrogens with zero attached hydrogens (tertiary/aromatic N) is 1. The minimum atomic E-state index is -0.150. The Balaban J connectivity index is 2.27. The second kappa shape index (κ2) is 8.22. The number of hydrogen-bond acceptors (Lipinski definition) is 2. The Labute approximate surface area is 110 Å². The summed E-state index contributed by atoms with van der Waals surface area (Å²) in [6, 6.07) is 7.23. The molecule has 0 saturated carbocycles. The van der Waals surface area contributed by atoms with Gasteiger partial charge < -0.3 is 10.2 Å². The van der Waals surface area contributed by atoms with E-state index in [-0.39, 0.29) is 5.82 Å². The molecule has 0 amide bonds. The Morgan fingerprint density at radius 2 is 2.00 bits per heavy atom. The molecule has 0 radical (unpaired) electrons. The predicted molar refractivity (Wildman–Crippen MR) is 75.4 cm³/mol. The van der Waals surface area contributed by atoms with Crippen LogP contribution in [0.15, 0.2) is 24.3 Å². The smallest absolute Gasteiger partial charge is 0.123 e. The summed E-state index contributed by atoms with van der Waals surface area (Å²) >= 11 is 0. The Kier molecular flexibility index (Phi) is 6.91. The van der Waals surface area contributed by atoms with E-state index < -0.39 is 0 Å². The fraction of sp³-hybridized carbons (Fsp3) is 0.600. The molecule has 0 aliphatic rings. The molecular weight excluding hydrogens is 227 g/mol. The van der Waals surface area contributed by atoms with Crippen LogP contribution in [-0.4, -0.2) is 37.1 Å². The molecule has 1 aromatic rings. The summed E-state index contributed by atoms with van der Waals surface area (Å²) in [5.74, 6) is -0.150.